The maximum absolute atomic E-state index is 10.9. The summed E-state index contributed by atoms with van der Waals surface area (Å²) in [6.45, 7) is 3.04. The fourth-order valence-electron chi connectivity index (χ4n) is 2.25. The lowest BCUT2D eigenvalue weighted by Crippen LogP contribution is -2.37. The van der Waals surface area contributed by atoms with Crippen LogP contribution in [-0.2, 0) is 5.54 Å². The van der Waals surface area contributed by atoms with Crippen LogP contribution in [0.25, 0.3) is 0 Å². The Morgan fingerprint density at radius 2 is 2.50 bits per heavy atom. The highest BCUT2D eigenvalue weighted by atomic mass is 16.5. The third kappa shape index (κ3) is 1.80. The molecule has 0 aliphatic carbocycles. The highest BCUT2D eigenvalue weighted by Gasteiger charge is 2.39. The van der Waals surface area contributed by atoms with Crippen molar-refractivity contribution in [2.45, 2.75) is 38.1 Å². The van der Waals surface area contributed by atoms with E-state index in [1.54, 1.807) is 0 Å². The molecule has 0 aromatic carbocycles. The molecule has 1 fully saturated rings. The van der Waals surface area contributed by atoms with E-state index >= 15 is 0 Å². The quantitative estimate of drug-likeness (QED) is 0.778. The van der Waals surface area contributed by atoms with Gasteiger partial charge in [-0.2, -0.15) is 4.98 Å². The molecule has 1 aromatic heterocycles. The minimum Gasteiger partial charge on any atom is -0.363 e. The van der Waals surface area contributed by atoms with E-state index in [2.05, 4.69) is 22.4 Å². The first-order chi connectivity index (χ1) is 7.68. The molecule has 1 saturated heterocycles. The number of aromatic nitrogens is 2. The topological polar surface area (TPSA) is 94.0 Å². The van der Waals surface area contributed by atoms with E-state index in [4.69, 9.17) is 10.3 Å². The first-order valence-electron chi connectivity index (χ1n) is 5.57. The lowest BCUT2D eigenvalue weighted by molar-refractivity contribution is 0.0987. The molecule has 0 saturated carbocycles. The summed E-state index contributed by atoms with van der Waals surface area (Å²) >= 11 is 0. The molecule has 16 heavy (non-hydrogen) atoms. The van der Waals surface area contributed by atoms with Gasteiger partial charge in [0, 0.05) is 0 Å². The molecule has 2 heterocycles. The van der Waals surface area contributed by atoms with Crippen LogP contribution in [0.1, 0.15) is 49.1 Å². The van der Waals surface area contributed by atoms with E-state index in [-0.39, 0.29) is 11.4 Å². The second-order valence-corrected chi connectivity index (χ2v) is 4.15. The van der Waals surface area contributed by atoms with Gasteiger partial charge in [-0.05, 0) is 25.8 Å². The number of nitrogens with one attached hydrogen (secondary N) is 1. The third-order valence-electron chi connectivity index (χ3n) is 2.98. The smallest absolute Gasteiger partial charge is 0.290 e. The monoisotopic (exact) mass is 224 g/mol. The van der Waals surface area contributed by atoms with Gasteiger partial charge in [0.2, 0.25) is 5.89 Å². The number of hydrogen-bond donors (Lipinski definition) is 2. The molecule has 1 atom stereocenters. The van der Waals surface area contributed by atoms with Crippen molar-refractivity contribution >= 4 is 5.91 Å². The predicted octanol–water partition coefficient (Wildman–Crippen LogP) is 0.547. The molecule has 1 unspecified atom stereocenters. The number of rotatable bonds is 4. The first kappa shape index (κ1) is 11.1. The SMILES string of the molecule is CCCC1(c2nc(C(N)=O)no2)CCCN1. The summed E-state index contributed by atoms with van der Waals surface area (Å²) in [5.74, 6) is -0.209. The largest absolute Gasteiger partial charge is 0.363 e. The molecule has 2 rings (SSSR count). The van der Waals surface area contributed by atoms with Gasteiger partial charge in [0.25, 0.3) is 11.7 Å². The molecule has 1 aliphatic rings. The van der Waals surface area contributed by atoms with Crippen molar-refractivity contribution in [3.63, 3.8) is 0 Å². The molecule has 1 aromatic rings. The molecule has 6 heteroatoms. The van der Waals surface area contributed by atoms with Crippen LogP contribution in [-0.4, -0.2) is 22.6 Å². The molecular weight excluding hydrogens is 208 g/mol. The second-order valence-electron chi connectivity index (χ2n) is 4.15. The van der Waals surface area contributed by atoms with Crippen molar-refractivity contribution in [3.8, 4) is 0 Å². The minimum absolute atomic E-state index is 0.0424. The van der Waals surface area contributed by atoms with Gasteiger partial charge in [-0.1, -0.05) is 18.5 Å². The van der Waals surface area contributed by atoms with Crippen LogP contribution < -0.4 is 11.1 Å². The predicted molar refractivity (Wildman–Crippen MR) is 56.6 cm³/mol. The zero-order valence-corrected chi connectivity index (χ0v) is 9.32. The summed E-state index contributed by atoms with van der Waals surface area (Å²) in [4.78, 5) is 15.0. The van der Waals surface area contributed by atoms with Gasteiger partial charge in [-0.3, -0.25) is 4.79 Å². The van der Waals surface area contributed by atoms with Gasteiger partial charge in [0.1, 0.15) is 0 Å². The van der Waals surface area contributed by atoms with Gasteiger partial charge < -0.3 is 15.6 Å². The van der Waals surface area contributed by atoms with Gasteiger partial charge >= 0.3 is 0 Å². The Morgan fingerprint density at radius 1 is 1.69 bits per heavy atom. The second kappa shape index (κ2) is 4.21. The molecule has 0 radical (unpaired) electrons. The van der Waals surface area contributed by atoms with Gasteiger partial charge in [-0.25, -0.2) is 0 Å². The number of primary amides is 1. The average molecular weight is 224 g/mol. The summed E-state index contributed by atoms with van der Waals surface area (Å²) in [5.41, 5.74) is 4.84. The van der Waals surface area contributed by atoms with E-state index in [9.17, 15) is 4.79 Å². The summed E-state index contributed by atoms with van der Waals surface area (Å²) in [5, 5.41) is 6.98. The van der Waals surface area contributed by atoms with E-state index in [1.165, 1.54) is 0 Å². The zero-order chi connectivity index (χ0) is 11.6. The van der Waals surface area contributed by atoms with Crippen LogP contribution in [0.15, 0.2) is 4.52 Å². The number of nitrogens with zero attached hydrogens (tertiary/aromatic N) is 2. The van der Waals surface area contributed by atoms with E-state index in [0.717, 1.165) is 32.2 Å². The van der Waals surface area contributed by atoms with Crippen LogP contribution in [0.3, 0.4) is 0 Å². The lowest BCUT2D eigenvalue weighted by atomic mass is 9.92. The molecule has 1 aliphatic heterocycles. The standard InChI is InChI=1S/C10H16N4O2/c1-2-4-10(5-3-6-12-10)9-13-8(7(11)15)14-16-9/h12H,2-6H2,1H3,(H2,11,15). The minimum atomic E-state index is -0.653. The Kier molecular flexibility index (Phi) is 2.91. The summed E-state index contributed by atoms with van der Waals surface area (Å²) in [7, 11) is 0. The number of carbonyl (C=O) groups is 1. The van der Waals surface area contributed by atoms with Crippen molar-refractivity contribution < 1.29 is 9.32 Å². The van der Waals surface area contributed by atoms with Crippen molar-refractivity contribution in [2.75, 3.05) is 6.54 Å². The van der Waals surface area contributed by atoms with Crippen molar-refractivity contribution in [1.82, 2.24) is 15.5 Å². The maximum atomic E-state index is 10.9. The zero-order valence-electron chi connectivity index (χ0n) is 9.32. The molecule has 3 N–H and O–H groups in total. The first-order valence-corrected chi connectivity index (χ1v) is 5.57. The summed E-state index contributed by atoms with van der Waals surface area (Å²) < 4.78 is 5.14. The Labute approximate surface area is 93.6 Å². The third-order valence-corrected chi connectivity index (χ3v) is 2.98. The van der Waals surface area contributed by atoms with Gasteiger partial charge in [-0.15, -0.1) is 0 Å². The highest BCUT2D eigenvalue weighted by molar-refractivity contribution is 5.88. The Morgan fingerprint density at radius 3 is 3.00 bits per heavy atom. The van der Waals surface area contributed by atoms with E-state index in [0.29, 0.717) is 5.89 Å². The molecule has 0 spiro atoms. The van der Waals surface area contributed by atoms with Crippen molar-refractivity contribution in [3.05, 3.63) is 11.7 Å². The number of hydrogen-bond acceptors (Lipinski definition) is 5. The lowest BCUT2D eigenvalue weighted by Gasteiger charge is -2.24. The van der Waals surface area contributed by atoms with Crippen LogP contribution in [0.5, 0.6) is 0 Å². The number of carbonyl (C=O) groups excluding carboxylic acids is 1. The van der Waals surface area contributed by atoms with Crippen LogP contribution in [0.4, 0.5) is 0 Å². The van der Waals surface area contributed by atoms with Crippen molar-refractivity contribution in [2.24, 2.45) is 5.73 Å². The fraction of sp³-hybridized carbons (Fsp3) is 0.700. The summed E-state index contributed by atoms with van der Waals surface area (Å²) in [6.07, 6.45) is 3.98. The highest BCUT2D eigenvalue weighted by Crippen LogP contribution is 2.33. The molecule has 88 valence electrons. The van der Waals surface area contributed by atoms with Gasteiger partial charge in [0.05, 0.1) is 5.54 Å². The van der Waals surface area contributed by atoms with Gasteiger partial charge in [0.15, 0.2) is 0 Å². The molecule has 1 amide bonds. The Bertz CT molecular complexity index is 382. The van der Waals surface area contributed by atoms with Crippen LogP contribution >= 0.6 is 0 Å². The van der Waals surface area contributed by atoms with Crippen molar-refractivity contribution in [1.29, 1.82) is 0 Å². The Hall–Kier alpha value is -1.43. The molecule has 0 bridgehead atoms. The van der Waals surface area contributed by atoms with E-state index in [1.807, 2.05) is 0 Å². The number of nitrogens with two attached hydrogens (primary N) is 1. The molecular formula is C10H16N4O2. The fourth-order valence-corrected chi connectivity index (χ4v) is 2.25. The number of amides is 1. The van der Waals surface area contributed by atoms with E-state index < -0.39 is 5.91 Å². The van der Waals surface area contributed by atoms with Crippen LogP contribution in [0.2, 0.25) is 0 Å². The normalized spacial score (nSPS) is 24.8. The van der Waals surface area contributed by atoms with Crippen LogP contribution in [0, 0.1) is 0 Å². The Balaban J connectivity index is 2.28. The molecule has 6 nitrogen and oxygen atoms in total. The average Bonchev–Trinajstić information content (AvgIpc) is 2.85. The summed E-state index contributed by atoms with van der Waals surface area (Å²) in [6, 6.07) is 0. The maximum Gasteiger partial charge on any atom is 0.290 e.